The second kappa shape index (κ2) is 2.94. The Balaban J connectivity index is 2.34. The average Bonchev–Trinajstić information content (AvgIpc) is 2.40. The van der Waals surface area contributed by atoms with E-state index in [1.807, 2.05) is 0 Å². The van der Waals surface area contributed by atoms with Crippen LogP contribution in [0.1, 0.15) is 33.6 Å². The second-order valence-corrected chi connectivity index (χ2v) is 5.99. The van der Waals surface area contributed by atoms with Gasteiger partial charge in [0, 0.05) is 5.41 Å². The predicted octanol–water partition coefficient (Wildman–Crippen LogP) is 1.21. The molecule has 2 fully saturated rings. The summed E-state index contributed by atoms with van der Waals surface area (Å²) in [6.45, 7) is 6.45. The molecular formula is C11H18N2OS. The van der Waals surface area contributed by atoms with Crippen LogP contribution in [0.4, 0.5) is 0 Å². The highest BCUT2D eigenvalue weighted by Crippen LogP contribution is 2.63. The molecule has 0 aromatic heterocycles. The van der Waals surface area contributed by atoms with Gasteiger partial charge in [0.25, 0.3) is 0 Å². The van der Waals surface area contributed by atoms with E-state index in [9.17, 15) is 4.79 Å². The fourth-order valence-corrected chi connectivity index (χ4v) is 3.53. The minimum Gasteiger partial charge on any atom is -0.376 e. The maximum Gasteiger partial charge on any atom is 0.164 e. The van der Waals surface area contributed by atoms with E-state index in [0.29, 0.717) is 5.92 Å². The molecule has 0 aromatic carbocycles. The van der Waals surface area contributed by atoms with Gasteiger partial charge in [-0.1, -0.05) is 20.8 Å². The minimum absolute atomic E-state index is 0.0620. The molecule has 0 aliphatic heterocycles. The molecule has 0 unspecified atom stereocenters. The van der Waals surface area contributed by atoms with Gasteiger partial charge in [0.05, 0.1) is 6.04 Å². The Morgan fingerprint density at radius 2 is 2.13 bits per heavy atom. The summed E-state index contributed by atoms with van der Waals surface area (Å²) >= 11 is 4.83. The summed E-state index contributed by atoms with van der Waals surface area (Å²) in [5.41, 5.74) is 5.33. The monoisotopic (exact) mass is 226 g/mol. The first-order valence-corrected chi connectivity index (χ1v) is 5.82. The number of rotatable bonds is 1. The normalized spacial score (nSPS) is 41.9. The standard InChI is InChI=1S/C11H18N2OS/c1-10(2)6-4-5-11(10,3)8(14)7(6)13-9(12)15/h6-7H,4-5H2,1-3H3,(H3,12,13,15)/t6-,7+,11-/m0/s1. The molecule has 0 radical (unpaired) electrons. The van der Waals surface area contributed by atoms with E-state index in [2.05, 4.69) is 26.1 Å². The third-order valence-electron chi connectivity index (χ3n) is 4.83. The van der Waals surface area contributed by atoms with Crippen LogP contribution in [-0.4, -0.2) is 16.9 Å². The summed E-state index contributed by atoms with van der Waals surface area (Å²) in [6.07, 6.45) is 2.09. The van der Waals surface area contributed by atoms with E-state index in [0.717, 1.165) is 12.8 Å². The van der Waals surface area contributed by atoms with Gasteiger partial charge >= 0.3 is 0 Å². The molecule has 3 atom stereocenters. The van der Waals surface area contributed by atoms with E-state index in [1.54, 1.807) is 0 Å². The summed E-state index contributed by atoms with van der Waals surface area (Å²) in [4.78, 5) is 12.3. The average molecular weight is 226 g/mol. The van der Waals surface area contributed by atoms with Crippen molar-refractivity contribution in [2.45, 2.75) is 39.7 Å². The number of carbonyl (C=O) groups is 1. The molecule has 84 valence electrons. The van der Waals surface area contributed by atoms with Gasteiger partial charge in [0.1, 0.15) is 0 Å². The van der Waals surface area contributed by atoms with Crippen molar-refractivity contribution in [2.75, 3.05) is 0 Å². The topological polar surface area (TPSA) is 55.1 Å². The van der Waals surface area contributed by atoms with E-state index >= 15 is 0 Å². The highest BCUT2D eigenvalue weighted by molar-refractivity contribution is 7.80. The van der Waals surface area contributed by atoms with Gasteiger partial charge in [-0.15, -0.1) is 0 Å². The lowest BCUT2D eigenvalue weighted by molar-refractivity contribution is -0.129. The minimum atomic E-state index is -0.194. The van der Waals surface area contributed by atoms with Crippen molar-refractivity contribution in [1.29, 1.82) is 0 Å². The molecule has 2 rings (SSSR count). The SMILES string of the molecule is CC1(C)[C@H]2CC[C@@]1(C)C(=O)[C@@H]2NC(N)=S. The second-order valence-electron chi connectivity index (χ2n) is 5.55. The van der Waals surface area contributed by atoms with Crippen LogP contribution >= 0.6 is 12.2 Å². The molecule has 3 N–H and O–H groups in total. The lowest BCUT2D eigenvalue weighted by Gasteiger charge is -2.32. The first kappa shape index (κ1) is 10.9. The van der Waals surface area contributed by atoms with E-state index in [1.165, 1.54) is 0 Å². The fourth-order valence-electron chi connectivity index (χ4n) is 3.41. The summed E-state index contributed by atoms with van der Waals surface area (Å²) in [5, 5.41) is 3.20. The molecule has 0 heterocycles. The van der Waals surface area contributed by atoms with Crippen LogP contribution < -0.4 is 11.1 Å². The molecular weight excluding hydrogens is 208 g/mol. The molecule has 0 aromatic rings. The molecule has 2 aliphatic rings. The van der Waals surface area contributed by atoms with Crippen LogP contribution in [0.2, 0.25) is 0 Å². The largest absolute Gasteiger partial charge is 0.376 e. The zero-order chi connectivity index (χ0) is 11.4. The Hall–Kier alpha value is -0.640. The van der Waals surface area contributed by atoms with Crippen LogP contribution in [0, 0.1) is 16.7 Å². The number of nitrogens with one attached hydrogen (secondary N) is 1. The van der Waals surface area contributed by atoms with Crippen LogP contribution in [0.25, 0.3) is 0 Å². The van der Waals surface area contributed by atoms with E-state index in [-0.39, 0.29) is 27.8 Å². The number of ketones is 1. The smallest absolute Gasteiger partial charge is 0.164 e. The molecule has 15 heavy (non-hydrogen) atoms. The first-order chi connectivity index (χ1) is 6.80. The van der Waals surface area contributed by atoms with Crippen LogP contribution in [0.15, 0.2) is 0 Å². The maximum absolute atomic E-state index is 12.3. The Morgan fingerprint density at radius 1 is 1.53 bits per heavy atom. The van der Waals surface area contributed by atoms with Crippen LogP contribution in [0.3, 0.4) is 0 Å². The Labute approximate surface area is 95.8 Å². The molecule has 0 spiro atoms. The number of thiocarbonyl (C=S) groups is 1. The third kappa shape index (κ3) is 1.17. The van der Waals surface area contributed by atoms with Crippen molar-refractivity contribution < 1.29 is 4.79 Å². The molecule has 2 bridgehead atoms. The molecule has 0 saturated heterocycles. The molecule has 4 heteroatoms. The summed E-state index contributed by atoms with van der Waals surface area (Å²) in [7, 11) is 0. The van der Waals surface area contributed by atoms with Gasteiger partial charge in [0.2, 0.25) is 0 Å². The molecule has 2 saturated carbocycles. The third-order valence-corrected chi connectivity index (χ3v) is 4.95. The number of hydrogen-bond acceptors (Lipinski definition) is 2. The predicted molar refractivity (Wildman–Crippen MR) is 63.3 cm³/mol. The highest BCUT2D eigenvalue weighted by atomic mass is 32.1. The van der Waals surface area contributed by atoms with Crippen molar-refractivity contribution in [3.8, 4) is 0 Å². The highest BCUT2D eigenvalue weighted by Gasteiger charge is 2.66. The lowest BCUT2D eigenvalue weighted by atomic mass is 9.70. The first-order valence-electron chi connectivity index (χ1n) is 5.41. The lowest BCUT2D eigenvalue weighted by Crippen LogP contribution is -2.48. The number of Topliss-reactive ketones (excluding diaryl/α,β-unsaturated/α-hetero) is 1. The van der Waals surface area contributed by atoms with Gasteiger partial charge in [0.15, 0.2) is 10.9 Å². The number of hydrogen-bond donors (Lipinski definition) is 2. The summed E-state index contributed by atoms with van der Waals surface area (Å²) in [6, 6.07) is -0.156. The zero-order valence-electron chi connectivity index (χ0n) is 9.46. The quantitative estimate of drug-likeness (QED) is 0.660. The number of nitrogens with two attached hydrogens (primary N) is 1. The van der Waals surface area contributed by atoms with E-state index < -0.39 is 0 Å². The van der Waals surface area contributed by atoms with Gasteiger partial charge in [-0.05, 0) is 36.4 Å². The van der Waals surface area contributed by atoms with E-state index in [4.69, 9.17) is 18.0 Å². The van der Waals surface area contributed by atoms with Crippen LogP contribution in [-0.2, 0) is 4.79 Å². The fraction of sp³-hybridized carbons (Fsp3) is 0.818. The van der Waals surface area contributed by atoms with Crippen molar-refractivity contribution in [3.63, 3.8) is 0 Å². The summed E-state index contributed by atoms with van der Waals surface area (Å²) < 4.78 is 0. The Bertz CT molecular complexity index is 339. The number of carbonyl (C=O) groups excluding carboxylic acids is 1. The molecule has 2 aliphatic carbocycles. The Morgan fingerprint density at radius 3 is 2.53 bits per heavy atom. The van der Waals surface area contributed by atoms with Crippen molar-refractivity contribution in [1.82, 2.24) is 5.32 Å². The van der Waals surface area contributed by atoms with Crippen molar-refractivity contribution >= 4 is 23.1 Å². The van der Waals surface area contributed by atoms with Crippen LogP contribution in [0.5, 0.6) is 0 Å². The van der Waals surface area contributed by atoms with Crippen molar-refractivity contribution in [3.05, 3.63) is 0 Å². The maximum atomic E-state index is 12.3. The van der Waals surface area contributed by atoms with Gasteiger partial charge in [-0.25, -0.2) is 0 Å². The van der Waals surface area contributed by atoms with Gasteiger partial charge in [-0.2, -0.15) is 0 Å². The van der Waals surface area contributed by atoms with Gasteiger partial charge < -0.3 is 11.1 Å². The molecule has 3 nitrogen and oxygen atoms in total. The number of fused-ring (bicyclic) bond motifs is 2. The van der Waals surface area contributed by atoms with Gasteiger partial charge in [-0.3, -0.25) is 4.79 Å². The summed E-state index contributed by atoms with van der Waals surface area (Å²) in [5.74, 6) is 0.660. The zero-order valence-corrected chi connectivity index (χ0v) is 10.3. The molecule has 0 amide bonds. The van der Waals surface area contributed by atoms with Crippen molar-refractivity contribution in [2.24, 2.45) is 22.5 Å². The Kier molecular flexibility index (Phi) is 2.13.